The summed E-state index contributed by atoms with van der Waals surface area (Å²) < 4.78 is 7.48. The van der Waals surface area contributed by atoms with Gasteiger partial charge in [-0.2, -0.15) is 4.98 Å². The smallest absolute Gasteiger partial charge is 0.260 e. The number of carbonyl (C=O) groups is 1. The number of aryl methyl sites for hydroxylation is 2. The zero-order valence-corrected chi connectivity index (χ0v) is 16.0. The van der Waals surface area contributed by atoms with Crippen molar-refractivity contribution in [1.29, 1.82) is 0 Å². The molecule has 0 spiro atoms. The predicted octanol–water partition coefficient (Wildman–Crippen LogP) is 3.04. The van der Waals surface area contributed by atoms with Crippen LogP contribution in [0.2, 0.25) is 0 Å². The zero-order valence-electron chi connectivity index (χ0n) is 16.0. The van der Waals surface area contributed by atoms with Crippen molar-refractivity contribution < 1.29 is 9.32 Å². The highest BCUT2D eigenvalue weighted by molar-refractivity contribution is 5.98. The molecular weight excluding hydrogens is 356 g/mol. The Kier molecular flexibility index (Phi) is 3.86. The van der Waals surface area contributed by atoms with E-state index in [0.29, 0.717) is 23.6 Å². The fourth-order valence-electron chi connectivity index (χ4n) is 4.35. The summed E-state index contributed by atoms with van der Waals surface area (Å²) in [6.07, 6.45) is 4.23. The molecule has 144 valence electrons. The molecule has 0 radical (unpaired) electrons. The van der Waals surface area contributed by atoms with Gasteiger partial charge in [0, 0.05) is 30.6 Å². The average molecular weight is 378 g/mol. The van der Waals surface area contributed by atoms with Crippen molar-refractivity contribution >= 4 is 16.8 Å². The van der Waals surface area contributed by atoms with E-state index in [1.165, 1.54) is 5.56 Å². The van der Waals surface area contributed by atoms with E-state index in [1.807, 2.05) is 36.6 Å². The summed E-state index contributed by atoms with van der Waals surface area (Å²) in [6.45, 7) is 5.38. The quantitative estimate of drug-likeness (QED) is 0.700. The van der Waals surface area contributed by atoms with Gasteiger partial charge in [0.25, 0.3) is 5.91 Å². The Morgan fingerprint density at radius 2 is 2.14 bits per heavy atom. The highest BCUT2D eigenvalue weighted by atomic mass is 16.5. The van der Waals surface area contributed by atoms with Gasteiger partial charge in [0.15, 0.2) is 5.82 Å². The molecule has 0 bridgehead atoms. The number of para-hydroxylation sites is 1. The number of pyridine rings is 1. The van der Waals surface area contributed by atoms with Crippen LogP contribution in [0.4, 0.5) is 0 Å². The Morgan fingerprint density at radius 1 is 1.29 bits per heavy atom. The summed E-state index contributed by atoms with van der Waals surface area (Å²) >= 11 is 0. The summed E-state index contributed by atoms with van der Waals surface area (Å²) in [7, 11) is 0. The van der Waals surface area contributed by atoms with Crippen LogP contribution >= 0.6 is 0 Å². The van der Waals surface area contributed by atoms with Crippen molar-refractivity contribution in [1.82, 2.24) is 19.6 Å². The third kappa shape index (κ3) is 2.49. The molecule has 1 fully saturated rings. The monoisotopic (exact) mass is 378 g/mol. The van der Waals surface area contributed by atoms with Crippen LogP contribution in [0.5, 0.6) is 0 Å². The molecule has 0 aliphatic carbocycles. The van der Waals surface area contributed by atoms with Gasteiger partial charge in [0.2, 0.25) is 11.3 Å². The fraction of sp³-hybridized carbons (Fsp3) is 0.429. The SMILES string of the molecule is CC(C)c1noc([C@@H]2CCCN2C(=O)c2cn3c4c(cccc4c2=O)CC3)n1. The van der Waals surface area contributed by atoms with E-state index in [-0.39, 0.29) is 28.9 Å². The normalized spacial score (nSPS) is 18.5. The Labute approximate surface area is 162 Å². The molecule has 4 heterocycles. The number of likely N-dealkylation sites (tertiary alicyclic amines) is 1. The van der Waals surface area contributed by atoms with Crippen molar-refractivity contribution in [3.63, 3.8) is 0 Å². The average Bonchev–Trinajstić information content (AvgIpc) is 3.43. The minimum atomic E-state index is -0.271. The van der Waals surface area contributed by atoms with Gasteiger partial charge in [-0.05, 0) is 30.9 Å². The highest BCUT2D eigenvalue weighted by Crippen LogP contribution is 2.33. The molecule has 0 N–H and O–H groups in total. The minimum absolute atomic E-state index is 0.159. The van der Waals surface area contributed by atoms with E-state index in [1.54, 1.807) is 11.1 Å². The predicted molar refractivity (Wildman–Crippen MR) is 103 cm³/mol. The molecule has 2 aliphatic heterocycles. The molecule has 1 aromatic carbocycles. The molecule has 3 aromatic rings. The van der Waals surface area contributed by atoms with E-state index in [9.17, 15) is 9.59 Å². The van der Waals surface area contributed by atoms with Crippen LogP contribution in [0, 0.1) is 0 Å². The molecule has 1 atom stereocenters. The molecule has 1 saturated heterocycles. The van der Waals surface area contributed by atoms with Gasteiger partial charge in [0.05, 0.1) is 5.52 Å². The Balaban J connectivity index is 1.54. The summed E-state index contributed by atoms with van der Waals surface area (Å²) in [5.41, 5.74) is 2.15. The van der Waals surface area contributed by atoms with E-state index in [2.05, 4.69) is 10.1 Å². The number of aromatic nitrogens is 3. The van der Waals surface area contributed by atoms with Gasteiger partial charge in [-0.25, -0.2) is 0 Å². The molecule has 28 heavy (non-hydrogen) atoms. The van der Waals surface area contributed by atoms with E-state index in [4.69, 9.17) is 4.52 Å². The second-order valence-corrected chi connectivity index (χ2v) is 7.93. The van der Waals surface area contributed by atoms with E-state index >= 15 is 0 Å². The maximum Gasteiger partial charge on any atom is 0.260 e. The summed E-state index contributed by atoms with van der Waals surface area (Å²) in [6, 6.07) is 5.49. The Hall–Kier alpha value is -2.96. The first-order chi connectivity index (χ1) is 13.5. The summed E-state index contributed by atoms with van der Waals surface area (Å²) in [5, 5.41) is 4.65. The second-order valence-electron chi connectivity index (χ2n) is 7.93. The maximum atomic E-state index is 13.3. The number of hydrogen-bond acceptors (Lipinski definition) is 5. The number of carbonyl (C=O) groups excluding carboxylic acids is 1. The topological polar surface area (TPSA) is 81.2 Å². The van der Waals surface area contributed by atoms with Gasteiger partial charge in [-0.1, -0.05) is 31.1 Å². The number of rotatable bonds is 3. The molecule has 2 aromatic heterocycles. The first-order valence-electron chi connectivity index (χ1n) is 9.84. The Morgan fingerprint density at radius 3 is 2.93 bits per heavy atom. The van der Waals surface area contributed by atoms with Crippen molar-refractivity contribution in [3.05, 3.63) is 57.5 Å². The largest absolute Gasteiger partial charge is 0.346 e. The standard InChI is InChI=1S/C21H22N4O3/c1-12(2)19-22-20(28-23-19)16-7-4-9-25(16)21(27)15-11-24-10-8-13-5-3-6-14(17(13)24)18(15)26/h3,5-6,11-12,16H,4,7-10H2,1-2H3/t16-/m0/s1. The van der Waals surface area contributed by atoms with Gasteiger partial charge >= 0.3 is 0 Å². The summed E-state index contributed by atoms with van der Waals surface area (Å²) in [4.78, 5) is 32.6. The minimum Gasteiger partial charge on any atom is -0.346 e. The van der Waals surface area contributed by atoms with Crippen LogP contribution in [-0.4, -0.2) is 32.1 Å². The van der Waals surface area contributed by atoms with Crippen LogP contribution in [0.3, 0.4) is 0 Å². The lowest BCUT2D eigenvalue weighted by molar-refractivity contribution is 0.0708. The fourth-order valence-corrected chi connectivity index (χ4v) is 4.35. The zero-order chi connectivity index (χ0) is 19.4. The van der Waals surface area contributed by atoms with E-state index in [0.717, 1.165) is 31.3 Å². The molecular formula is C21H22N4O3. The van der Waals surface area contributed by atoms with Gasteiger partial charge in [-0.15, -0.1) is 0 Å². The van der Waals surface area contributed by atoms with Gasteiger partial charge < -0.3 is 14.0 Å². The molecule has 5 rings (SSSR count). The number of nitrogens with zero attached hydrogens (tertiary/aromatic N) is 4. The lowest BCUT2D eigenvalue weighted by Gasteiger charge is -2.22. The first kappa shape index (κ1) is 17.2. The van der Waals surface area contributed by atoms with Crippen molar-refractivity contribution in [2.45, 2.75) is 51.6 Å². The van der Waals surface area contributed by atoms with Crippen LogP contribution in [-0.2, 0) is 13.0 Å². The molecule has 1 amide bonds. The maximum absolute atomic E-state index is 13.3. The second kappa shape index (κ2) is 6.29. The molecule has 7 nitrogen and oxygen atoms in total. The van der Waals surface area contributed by atoms with E-state index < -0.39 is 0 Å². The van der Waals surface area contributed by atoms with Crippen LogP contribution in [0.1, 0.15) is 66.3 Å². The number of amides is 1. The third-order valence-electron chi connectivity index (χ3n) is 5.81. The molecule has 0 unspecified atom stereocenters. The highest BCUT2D eigenvalue weighted by Gasteiger charge is 2.36. The third-order valence-corrected chi connectivity index (χ3v) is 5.81. The van der Waals surface area contributed by atoms with Gasteiger partial charge in [-0.3, -0.25) is 9.59 Å². The Bertz CT molecular complexity index is 1140. The number of hydrogen-bond donors (Lipinski definition) is 0. The van der Waals surface area contributed by atoms with Crippen molar-refractivity contribution in [2.75, 3.05) is 6.54 Å². The summed E-state index contributed by atoms with van der Waals surface area (Å²) in [5.74, 6) is 1.01. The van der Waals surface area contributed by atoms with Crippen molar-refractivity contribution in [2.24, 2.45) is 0 Å². The van der Waals surface area contributed by atoms with Crippen LogP contribution in [0.25, 0.3) is 10.9 Å². The van der Waals surface area contributed by atoms with Crippen LogP contribution < -0.4 is 5.43 Å². The van der Waals surface area contributed by atoms with Crippen molar-refractivity contribution in [3.8, 4) is 0 Å². The lowest BCUT2D eigenvalue weighted by Crippen LogP contribution is -2.34. The lowest BCUT2D eigenvalue weighted by atomic mass is 10.1. The molecule has 2 aliphatic rings. The van der Waals surface area contributed by atoms with Crippen LogP contribution in [0.15, 0.2) is 33.7 Å². The molecule has 7 heteroatoms. The molecule has 0 saturated carbocycles. The van der Waals surface area contributed by atoms with Gasteiger partial charge in [0.1, 0.15) is 11.6 Å². The first-order valence-corrected chi connectivity index (χ1v) is 9.84. The number of benzene rings is 1.